The van der Waals surface area contributed by atoms with Crippen molar-refractivity contribution in [3.05, 3.63) is 89.1 Å². The molecule has 0 radical (unpaired) electrons. The monoisotopic (exact) mass is 583 g/mol. The van der Waals surface area contributed by atoms with E-state index in [0.717, 1.165) is 76.3 Å². The molecule has 1 aromatic heterocycles. The molecule has 0 unspecified atom stereocenters. The normalized spacial score (nSPS) is 20.5. The van der Waals surface area contributed by atoms with Gasteiger partial charge in [-0.2, -0.15) is 0 Å². The van der Waals surface area contributed by atoms with Crippen LogP contribution in [-0.2, 0) is 22.5 Å². The average molecular weight is 584 g/mol. The van der Waals surface area contributed by atoms with Crippen LogP contribution in [0.1, 0.15) is 54.1 Å². The van der Waals surface area contributed by atoms with Gasteiger partial charge in [0.25, 0.3) is 0 Å². The smallest absolute Gasteiger partial charge is 0.321 e. The number of aryl methyl sites for hydroxylation is 1. The third-order valence-electron chi connectivity index (χ3n) is 9.03. The fourth-order valence-corrected chi connectivity index (χ4v) is 6.67. The molecule has 3 aliphatic rings. The zero-order valence-corrected chi connectivity index (χ0v) is 24.9. The van der Waals surface area contributed by atoms with Gasteiger partial charge >= 0.3 is 6.03 Å². The molecule has 0 saturated carbocycles. The van der Waals surface area contributed by atoms with Crippen LogP contribution in [0, 0.1) is 6.92 Å². The Morgan fingerprint density at radius 3 is 2.35 bits per heavy atom. The van der Waals surface area contributed by atoms with E-state index < -0.39 is 0 Å². The Bertz CT molecular complexity index is 1400. The minimum atomic E-state index is -0.357. The summed E-state index contributed by atoms with van der Waals surface area (Å²) in [4.78, 5) is 36.5. The summed E-state index contributed by atoms with van der Waals surface area (Å²) in [5.41, 5.74) is 9.46. The molecule has 4 heterocycles. The highest BCUT2D eigenvalue weighted by Crippen LogP contribution is 2.37. The SMILES string of the molecule is Cc1nc(Oc2ccc(CC(N)=O)cc2)ccc1CN1CCC(N2C(=O)N(C3CCOCC3)C[C@H]2c2ccccc2)CC1. The number of pyridine rings is 1. The van der Waals surface area contributed by atoms with Crippen molar-refractivity contribution < 1.29 is 19.1 Å². The zero-order valence-electron chi connectivity index (χ0n) is 24.9. The van der Waals surface area contributed by atoms with Crippen molar-refractivity contribution in [3.63, 3.8) is 0 Å². The van der Waals surface area contributed by atoms with Gasteiger partial charge in [-0.3, -0.25) is 9.69 Å². The second-order valence-electron chi connectivity index (χ2n) is 11.9. The molecule has 9 heteroatoms. The number of aromatic nitrogens is 1. The summed E-state index contributed by atoms with van der Waals surface area (Å²) in [6.45, 7) is 6.92. The molecule has 2 N–H and O–H groups in total. The van der Waals surface area contributed by atoms with Crippen molar-refractivity contribution in [1.29, 1.82) is 0 Å². The third-order valence-corrected chi connectivity index (χ3v) is 9.03. The number of nitrogens with two attached hydrogens (primary N) is 1. The number of hydrogen-bond donors (Lipinski definition) is 1. The van der Waals surface area contributed by atoms with Crippen molar-refractivity contribution >= 4 is 11.9 Å². The van der Waals surface area contributed by atoms with E-state index in [4.69, 9.17) is 20.2 Å². The Morgan fingerprint density at radius 1 is 0.953 bits per heavy atom. The van der Waals surface area contributed by atoms with E-state index in [1.807, 2.05) is 43.3 Å². The molecule has 0 spiro atoms. The maximum absolute atomic E-state index is 13.9. The lowest BCUT2D eigenvalue weighted by Gasteiger charge is -2.39. The van der Waals surface area contributed by atoms with Crippen LogP contribution in [0.5, 0.6) is 11.6 Å². The number of nitrogens with zero attached hydrogens (tertiary/aromatic N) is 4. The van der Waals surface area contributed by atoms with Crippen molar-refractivity contribution in [2.75, 3.05) is 32.8 Å². The summed E-state index contributed by atoms with van der Waals surface area (Å²) in [6.07, 6.45) is 3.95. The van der Waals surface area contributed by atoms with Crippen molar-refractivity contribution in [2.24, 2.45) is 5.73 Å². The number of urea groups is 1. The Labute approximate surface area is 253 Å². The molecule has 0 bridgehead atoms. The van der Waals surface area contributed by atoms with Crippen LogP contribution < -0.4 is 10.5 Å². The van der Waals surface area contributed by atoms with Gasteiger partial charge in [-0.15, -0.1) is 0 Å². The Morgan fingerprint density at radius 2 is 1.67 bits per heavy atom. The molecule has 3 saturated heterocycles. The fourth-order valence-electron chi connectivity index (χ4n) is 6.67. The maximum Gasteiger partial charge on any atom is 0.321 e. The number of primary amides is 1. The van der Waals surface area contributed by atoms with Crippen LogP contribution in [0.25, 0.3) is 0 Å². The number of benzene rings is 2. The number of amides is 3. The third kappa shape index (κ3) is 6.84. The number of ether oxygens (including phenoxy) is 2. The Balaban J connectivity index is 1.07. The molecule has 43 heavy (non-hydrogen) atoms. The van der Waals surface area contributed by atoms with E-state index in [1.165, 1.54) is 11.1 Å². The van der Waals surface area contributed by atoms with Crippen molar-refractivity contribution in [3.8, 4) is 11.6 Å². The Hall–Kier alpha value is -3.95. The molecule has 226 valence electrons. The predicted octanol–water partition coefficient (Wildman–Crippen LogP) is 4.83. The van der Waals surface area contributed by atoms with Crippen LogP contribution in [0.15, 0.2) is 66.7 Å². The Kier molecular flexibility index (Phi) is 8.90. The summed E-state index contributed by atoms with van der Waals surface area (Å²) in [5.74, 6) is 0.843. The largest absolute Gasteiger partial charge is 0.439 e. The standard InChI is InChI=1S/C34H41N5O4/c1-24-27(9-12-33(36-24)43-30-10-7-25(8-11-30)21-32(35)40)22-37-17-13-29(14-18-37)39-31(26-5-3-2-4-6-26)23-38(34(39)41)28-15-19-42-20-16-28/h2-12,28-29,31H,13-23H2,1H3,(H2,35,40)/t31-/m0/s1. The first kappa shape index (κ1) is 29.1. The summed E-state index contributed by atoms with van der Waals surface area (Å²) < 4.78 is 11.5. The number of rotatable bonds is 9. The highest BCUT2D eigenvalue weighted by Gasteiger charge is 2.45. The number of piperidine rings is 1. The molecular formula is C34H41N5O4. The van der Waals surface area contributed by atoms with E-state index in [-0.39, 0.29) is 36.5 Å². The fraction of sp³-hybridized carbons (Fsp3) is 0.441. The number of carbonyl (C=O) groups excluding carboxylic acids is 2. The van der Waals surface area contributed by atoms with Crippen LogP contribution >= 0.6 is 0 Å². The lowest BCUT2D eigenvalue weighted by atomic mass is 9.98. The second kappa shape index (κ2) is 13.1. The van der Waals surface area contributed by atoms with Crippen LogP contribution in [0.4, 0.5) is 4.79 Å². The predicted molar refractivity (Wildman–Crippen MR) is 164 cm³/mol. The van der Waals surface area contributed by atoms with Gasteiger partial charge in [-0.1, -0.05) is 48.5 Å². The van der Waals surface area contributed by atoms with E-state index in [1.54, 1.807) is 0 Å². The summed E-state index contributed by atoms with van der Waals surface area (Å²) >= 11 is 0. The summed E-state index contributed by atoms with van der Waals surface area (Å²) in [7, 11) is 0. The van der Waals surface area contributed by atoms with Crippen LogP contribution in [0.3, 0.4) is 0 Å². The highest BCUT2D eigenvalue weighted by atomic mass is 16.5. The average Bonchev–Trinajstić information content (AvgIpc) is 3.37. The minimum Gasteiger partial charge on any atom is -0.439 e. The van der Waals surface area contributed by atoms with Gasteiger partial charge in [-0.05, 0) is 61.4 Å². The molecule has 3 aromatic rings. The molecule has 9 nitrogen and oxygen atoms in total. The zero-order chi connectivity index (χ0) is 29.8. The number of carbonyl (C=O) groups is 2. The van der Waals surface area contributed by atoms with E-state index >= 15 is 0 Å². The molecule has 2 aromatic carbocycles. The highest BCUT2D eigenvalue weighted by molar-refractivity contribution is 5.78. The van der Waals surface area contributed by atoms with E-state index in [2.05, 4.69) is 45.0 Å². The molecule has 1 atom stereocenters. The number of hydrogen-bond acceptors (Lipinski definition) is 6. The quantitative estimate of drug-likeness (QED) is 0.387. The van der Waals surface area contributed by atoms with Gasteiger partial charge in [0.05, 0.1) is 12.5 Å². The minimum absolute atomic E-state index is 0.0893. The van der Waals surface area contributed by atoms with Gasteiger partial charge in [0.15, 0.2) is 0 Å². The maximum atomic E-state index is 13.9. The molecule has 3 amide bonds. The first-order valence-corrected chi connectivity index (χ1v) is 15.4. The lowest BCUT2D eigenvalue weighted by Crippen LogP contribution is -2.48. The molecule has 0 aliphatic carbocycles. The van der Waals surface area contributed by atoms with Gasteiger partial charge < -0.3 is 25.0 Å². The van der Waals surface area contributed by atoms with Crippen molar-refractivity contribution in [2.45, 2.75) is 63.7 Å². The summed E-state index contributed by atoms with van der Waals surface area (Å²) in [6, 6.07) is 22.6. The van der Waals surface area contributed by atoms with Gasteiger partial charge in [0.2, 0.25) is 11.8 Å². The molecule has 6 rings (SSSR count). The first-order valence-electron chi connectivity index (χ1n) is 15.4. The lowest BCUT2D eigenvalue weighted by molar-refractivity contribution is -0.117. The number of likely N-dealkylation sites (tertiary alicyclic amines) is 1. The topological polar surface area (TPSA) is 101 Å². The van der Waals surface area contributed by atoms with E-state index in [0.29, 0.717) is 11.6 Å². The van der Waals surface area contributed by atoms with Gasteiger partial charge in [0, 0.05) is 63.2 Å². The van der Waals surface area contributed by atoms with Crippen LogP contribution in [0.2, 0.25) is 0 Å². The van der Waals surface area contributed by atoms with E-state index in [9.17, 15) is 9.59 Å². The van der Waals surface area contributed by atoms with Gasteiger partial charge in [0.1, 0.15) is 5.75 Å². The molecular weight excluding hydrogens is 542 g/mol. The van der Waals surface area contributed by atoms with Crippen LogP contribution in [-0.4, -0.2) is 76.6 Å². The van der Waals surface area contributed by atoms with Gasteiger partial charge in [-0.25, -0.2) is 9.78 Å². The van der Waals surface area contributed by atoms with Crippen molar-refractivity contribution in [1.82, 2.24) is 19.7 Å². The summed E-state index contributed by atoms with van der Waals surface area (Å²) in [5, 5.41) is 0. The second-order valence-corrected chi connectivity index (χ2v) is 11.9. The molecule has 3 aliphatic heterocycles. The first-order chi connectivity index (χ1) is 20.9. The molecule has 3 fully saturated rings.